The zero-order valence-electron chi connectivity index (χ0n) is 11.1. The van der Waals surface area contributed by atoms with Gasteiger partial charge in [0.15, 0.2) is 0 Å². The Morgan fingerprint density at radius 1 is 1.00 bits per heavy atom. The van der Waals surface area contributed by atoms with E-state index < -0.39 is 29.3 Å². The lowest BCUT2D eigenvalue weighted by molar-refractivity contribution is 0.499. The number of aryl methyl sites for hydroxylation is 1. The summed E-state index contributed by atoms with van der Waals surface area (Å²) >= 11 is 2.94. The highest BCUT2D eigenvalue weighted by Crippen LogP contribution is 2.28. The fraction of sp³-hybridized carbons (Fsp3) is 0.200. The number of rotatable bonds is 3. The van der Waals surface area contributed by atoms with Crippen LogP contribution in [0.2, 0.25) is 0 Å². The van der Waals surface area contributed by atoms with E-state index in [0.717, 1.165) is 12.1 Å². The standard InChI is InChI=1S/C15H12BrF4N/c1-7-2-4-11(18)13(14(7)19)12(21)6-8-10(17)5-3-9(16)15(8)20/h2-5,12H,6,21H2,1H3. The minimum atomic E-state index is -1.19. The van der Waals surface area contributed by atoms with Crippen molar-refractivity contribution in [1.82, 2.24) is 0 Å². The van der Waals surface area contributed by atoms with Crippen molar-refractivity contribution in [2.24, 2.45) is 5.73 Å². The lowest BCUT2D eigenvalue weighted by atomic mass is 9.96. The van der Waals surface area contributed by atoms with Crippen molar-refractivity contribution < 1.29 is 17.6 Å². The zero-order valence-corrected chi connectivity index (χ0v) is 12.6. The van der Waals surface area contributed by atoms with E-state index in [1.165, 1.54) is 19.1 Å². The van der Waals surface area contributed by atoms with E-state index in [-0.39, 0.29) is 27.6 Å². The summed E-state index contributed by atoms with van der Waals surface area (Å²) in [5, 5.41) is 0. The molecule has 0 aliphatic heterocycles. The lowest BCUT2D eigenvalue weighted by Crippen LogP contribution is -2.19. The lowest BCUT2D eigenvalue weighted by Gasteiger charge is -2.16. The molecule has 0 aromatic heterocycles. The van der Waals surface area contributed by atoms with Crippen LogP contribution >= 0.6 is 15.9 Å². The molecule has 0 spiro atoms. The Morgan fingerprint density at radius 2 is 1.62 bits per heavy atom. The Morgan fingerprint density at radius 3 is 2.29 bits per heavy atom. The van der Waals surface area contributed by atoms with Crippen LogP contribution in [0.1, 0.15) is 22.7 Å². The maximum atomic E-state index is 14.0. The molecule has 0 aliphatic carbocycles. The molecule has 0 amide bonds. The van der Waals surface area contributed by atoms with Crippen LogP contribution in [-0.2, 0) is 6.42 Å². The molecule has 2 aromatic carbocycles. The summed E-state index contributed by atoms with van der Waals surface area (Å²) < 4.78 is 55.4. The number of hydrogen-bond donors (Lipinski definition) is 1. The average molecular weight is 362 g/mol. The van der Waals surface area contributed by atoms with E-state index in [1.54, 1.807) is 0 Å². The normalized spacial score (nSPS) is 12.5. The van der Waals surface area contributed by atoms with Gasteiger partial charge in [0.05, 0.1) is 4.47 Å². The van der Waals surface area contributed by atoms with Crippen molar-refractivity contribution in [2.75, 3.05) is 0 Å². The second-order valence-electron chi connectivity index (χ2n) is 4.72. The van der Waals surface area contributed by atoms with Gasteiger partial charge in [-0.1, -0.05) is 6.07 Å². The molecule has 0 fully saturated rings. The van der Waals surface area contributed by atoms with Gasteiger partial charge in [0, 0.05) is 17.2 Å². The molecule has 1 unspecified atom stereocenters. The third kappa shape index (κ3) is 3.11. The van der Waals surface area contributed by atoms with Gasteiger partial charge in [-0.15, -0.1) is 0 Å². The highest BCUT2D eigenvalue weighted by atomic mass is 79.9. The molecule has 2 N–H and O–H groups in total. The molecule has 0 saturated carbocycles. The molecule has 0 saturated heterocycles. The second-order valence-corrected chi connectivity index (χ2v) is 5.58. The Labute approximate surface area is 127 Å². The van der Waals surface area contributed by atoms with Crippen molar-refractivity contribution >= 4 is 15.9 Å². The van der Waals surface area contributed by atoms with E-state index in [0.29, 0.717) is 0 Å². The van der Waals surface area contributed by atoms with Crippen LogP contribution in [-0.4, -0.2) is 0 Å². The van der Waals surface area contributed by atoms with E-state index in [1.807, 2.05) is 0 Å². The van der Waals surface area contributed by atoms with Gasteiger partial charge in [0.1, 0.15) is 23.3 Å². The molecule has 112 valence electrons. The Hall–Kier alpha value is -1.40. The maximum Gasteiger partial charge on any atom is 0.143 e. The quantitative estimate of drug-likeness (QED) is 0.629. The van der Waals surface area contributed by atoms with Crippen LogP contribution in [0, 0.1) is 30.2 Å². The van der Waals surface area contributed by atoms with Crippen LogP contribution in [0.3, 0.4) is 0 Å². The molecule has 1 nitrogen and oxygen atoms in total. The Bertz CT molecular complexity index is 688. The smallest absolute Gasteiger partial charge is 0.143 e. The van der Waals surface area contributed by atoms with Gasteiger partial charge in [0.25, 0.3) is 0 Å². The SMILES string of the molecule is Cc1ccc(F)c(C(N)Cc2c(F)ccc(Br)c2F)c1F. The number of nitrogens with two attached hydrogens (primary N) is 1. The highest BCUT2D eigenvalue weighted by molar-refractivity contribution is 9.10. The molecule has 2 aromatic rings. The predicted octanol–water partition coefficient (Wildman–Crippen LogP) is 4.56. The molecule has 0 aliphatic rings. The first-order valence-electron chi connectivity index (χ1n) is 6.15. The van der Waals surface area contributed by atoms with Crippen LogP contribution < -0.4 is 5.73 Å². The highest BCUT2D eigenvalue weighted by Gasteiger charge is 2.22. The van der Waals surface area contributed by atoms with Gasteiger partial charge >= 0.3 is 0 Å². The fourth-order valence-corrected chi connectivity index (χ4v) is 2.47. The molecule has 21 heavy (non-hydrogen) atoms. The molecular formula is C15H12BrF4N. The monoisotopic (exact) mass is 361 g/mol. The first-order valence-corrected chi connectivity index (χ1v) is 6.94. The number of benzene rings is 2. The summed E-state index contributed by atoms with van der Waals surface area (Å²) in [5.41, 5.74) is 5.30. The van der Waals surface area contributed by atoms with Gasteiger partial charge in [0.2, 0.25) is 0 Å². The predicted molar refractivity (Wildman–Crippen MR) is 75.8 cm³/mol. The number of halogens is 5. The zero-order chi connectivity index (χ0) is 15.7. The maximum absolute atomic E-state index is 14.0. The van der Waals surface area contributed by atoms with Crippen LogP contribution in [0.4, 0.5) is 17.6 Å². The minimum Gasteiger partial charge on any atom is -0.323 e. The first kappa shape index (κ1) is 16.0. The molecule has 0 bridgehead atoms. The molecule has 0 heterocycles. The summed E-state index contributed by atoms with van der Waals surface area (Å²) in [6.07, 6.45) is -0.353. The van der Waals surface area contributed by atoms with Crippen LogP contribution in [0.15, 0.2) is 28.7 Å². The summed E-state index contributed by atoms with van der Waals surface area (Å²) in [4.78, 5) is 0. The molecule has 0 radical (unpaired) electrons. The van der Waals surface area contributed by atoms with E-state index in [9.17, 15) is 17.6 Å². The molecular weight excluding hydrogens is 350 g/mol. The number of hydrogen-bond acceptors (Lipinski definition) is 1. The summed E-state index contributed by atoms with van der Waals surface area (Å²) in [6, 6.07) is 3.46. The summed E-state index contributed by atoms with van der Waals surface area (Å²) in [7, 11) is 0. The fourth-order valence-electron chi connectivity index (χ4n) is 2.10. The van der Waals surface area contributed by atoms with Gasteiger partial charge in [-0.2, -0.15) is 0 Å². The van der Waals surface area contributed by atoms with Gasteiger partial charge in [-0.3, -0.25) is 0 Å². The van der Waals surface area contributed by atoms with E-state index in [4.69, 9.17) is 5.73 Å². The third-order valence-electron chi connectivity index (χ3n) is 3.25. The topological polar surface area (TPSA) is 26.0 Å². The summed E-state index contributed by atoms with van der Waals surface area (Å²) in [5.74, 6) is -3.25. The third-order valence-corrected chi connectivity index (χ3v) is 3.87. The second kappa shape index (κ2) is 6.15. The van der Waals surface area contributed by atoms with Crippen LogP contribution in [0.5, 0.6) is 0 Å². The van der Waals surface area contributed by atoms with Gasteiger partial charge < -0.3 is 5.73 Å². The van der Waals surface area contributed by atoms with Crippen molar-refractivity contribution in [1.29, 1.82) is 0 Å². The molecule has 1 atom stereocenters. The van der Waals surface area contributed by atoms with Crippen molar-refractivity contribution in [3.05, 3.63) is 68.7 Å². The van der Waals surface area contributed by atoms with Crippen molar-refractivity contribution in [3.8, 4) is 0 Å². The van der Waals surface area contributed by atoms with Crippen molar-refractivity contribution in [3.63, 3.8) is 0 Å². The minimum absolute atomic E-state index is 0.0660. The van der Waals surface area contributed by atoms with Crippen molar-refractivity contribution in [2.45, 2.75) is 19.4 Å². The summed E-state index contributed by atoms with van der Waals surface area (Å²) in [6.45, 7) is 1.46. The average Bonchev–Trinajstić information content (AvgIpc) is 2.44. The molecule has 6 heteroatoms. The van der Waals surface area contributed by atoms with Gasteiger partial charge in [-0.05, 0) is 53.0 Å². The van der Waals surface area contributed by atoms with Gasteiger partial charge in [-0.25, -0.2) is 17.6 Å². The van der Waals surface area contributed by atoms with Crippen LogP contribution in [0.25, 0.3) is 0 Å². The Balaban J connectivity index is 2.42. The molecule has 2 rings (SSSR count). The van der Waals surface area contributed by atoms with E-state index in [2.05, 4.69) is 15.9 Å². The first-order chi connectivity index (χ1) is 9.82. The van der Waals surface area contributed by atoms with E-state index >= 15 is 0 Å². The largest absolute Gasteiger partial charge is 0.323 e. The Kier molecular flexibility index (Phi) is 4.68.